The van der Waals surface area contributed by atoms with Crippen LogP contribution in [0.4, 0.5) is 0 Å². The van der Waals surface area contributed by atoms with Gasteiger partial charge in [-0.3, -0.25) is 0 Å². The summed E-state index contributed by atoms with van der Waals surface area (Å²) in [5.74, 6) is 2.80. The van der Waals surface area contributed by atoms with E-state index in [1.54, 1.807) is 18.2 Å². The van der Waals surface area contributed by atoms with Gasteiger partial charge in [0.15, 0.2) is 11.5 Å². The summed E-state index contributed by atoms with van der Waals surface area (Å²) in [6, 6.07) is 11.2. The molecule has 1 aliphatic heterocycles. The summed E-state index contributed by atoms with van der Waals surface area (Å²) in [6.45, 7) is 6.60. The van der Waals surface area contributed by atoms with Gasteiger partial charge < -0.3 is 38.3 Å². The fraction of sp³-hybridized carbons (Fsp3) is 0.629. The molecule has 4 aliphatic rings. The molecule has 2 saturated carbocycles. The van der Waals surface area contributed by atoms with E-state index in [4.69, 9.17) is 33.2 Å². The van der Waals surface area contributed by atoms with Crippen molar-refractivity contribution in [1.82, 2.24) is 0 Å². The van der Waals surface area contributed by atoms with Gasteiger partial charge in [-0.05, 0) is 103 Å². The number of esters is 1. The van der Waals surface area contributed by atoms with Gasteiger partial charge in [-0.15, -0.1) is 0 Å². The highest BCUT2D eigenvalue weighted by molar-refractivity contribution is 5.91. The summed E-state index contributed by atoms with van der Waals surface area (Å²) >= 11 is 0. The lowest BCUT2D eigenvalue weighted by Crippen LogP contribution is -2.43. The molecule has 0 spiro atoms. The van der Waals surface area contributed by atoms with Crippen LogP contribution in [0.25, 0.3) is 0 Å². The van der Waals surface area contributed by atoms with Crippen molar-refractivity contribution in [3.63, 3.8) is 0 Å². The van der Waals surface area contributed by atoms with Crippen molar-refractivity contribution in [1.29, 1.82) is 0 Å². The van der Waals surface area contributed by atoms with Crippen molar-refractivity contribution in [3.8, 4) is 17.2 Å². The molecule has 0 aromatic heterocycles. The molecule has 2 aromatic carbocycles. The minimum atomic E-state index is -0.449. The molecule has 9 heteroatoms. The van der Waals surface area contributed by atoms with Gasteiger partial charge in [-0.1, -0.05) is 13.0 Å². The van der Waals surface area contributed by atoms with Gasteiger partial charge in [-0.2, -0.15) is 0 Å². The Hall–Kier alpha value is -2.69. The SMILES string of the molecule is C[C@]12CC[C@@H]3c4ccc(OC(=O)c5ccc6c(c5)OCCOCCOCCOCCOCCO6)cc4CC[C@H]3[C@@H]1CC[C@@H]2O. The highest BCUT2D eigenvalue weighted by Gasteiger charge is 2.54. The molecule has 3 aliphatic carbocycles. The highest BCUT2D eigenvalue weighted by Crippen LogP contribution is 2.61. The Kier molecular flexibility index (Phi) is 10.4. The third-order valence-corrected chi connectivity index (χ3v) is 10.1. The number of benzene rings is 2. The molecule has 6 rings (SSSR count). The standard InChI is InChI=1S/C35H46O9/c1-35-11-10-28-27-6-4-26(22-24(27)2-5-29(28)30(35)7-9-33(35)36)44-34(37)25-3-8-31-32(23-25)43-21-19-41-17-15-39-13-12-38-14-16-40-18-20-42-31/h3-4,6,8,22-23,28-30,33,36H,2,5,7,9-21H2,1H3/t28-,29-,30+,33+,35+/m1/s1. The minimum absolute atomic E-state index is 0.0638. The van der Waals surface area contributed by atoms with E-state index >= 15 is 0 Å². The third-order valence-electron chi connectivity index (χ3n) is 10.1. The molecule has 5 atom stereocenters. The summed E-state index contributed by atoms with van der Waals surface area (Å²) in [4.78, 5) is 13.3. The predicted octanol–water partition coefficient (Wildman–Crippen LogP) is 4.96. The van der Waals surface area contributed by atoms with E-state index in [1.165, 1.54) is 11.1 Å². The average molecular weight is 611 g/mol. The third kappa shape index (κ3) is 7.07. The molecular weight excluding hydrogens is 564 g/mol. The van der Waals surface area contributed by atoms with E-state index < -0.39 is 5.97 Å². The number of ether oxygens (including phenoxy) is 7. The summed E-state index contributed by atoms with van der Waals surface area (Å²) in [7, 11) is 0. The first-order valence-electron chi connectivity index (χ1n) is 16.3. The van der Waals surface area contributed by atoms with E-state index in [0.717, 1.165) is 38.5 Å². The van der Waals surface area contributed by atoms with Crippen LogP contribution in [-0.2, 0) is 25.4 Å². The molecule has 2 fully saturated rings. The summed E-state index contributed by atoms with van der Waals surface area (Å²) in [5.41, 5.74) is 3.11. The highest BCUT2D eigenvalue weighted by atomic mass is 16.6. The van der Waals surface area contributed by atoms with Crippen LogP contribution in [0.1, 0.15) is 66.4 Å². The molecule has 0 saturated heterocycles. The Morgan fingerprint density at radius 1 is 0.773 bits per heavy atom. The number of rotatable bonds is 2. The second-order valence-electron chi connectivity index (χ2n) is 12.6. The monoisotopic (exact) mass is 610 g/mol. The maximum absolute atomic E-state index is 13.3. The number of carbonyl (C=O) groups excluding carboxylic acids is 1. The fourth-order valence-electron chi connectivity index (χ4n) is 7.81. The number of hydrogen-bond acceptors (Lipinski definition) is 9. The van der Waals surface area contributed by atoms with Crippen LogP contribution < -0.4 is 14.2 Å². The summed E-state index contributed by atoms with van der Waals surface area (Å²) in [5, 5.41) is 10.7. The van der Waals surface area contributed by atoms with E-state index in [0.29, 0.717) is 107 Å². The van der Waals surface area contributed by atoms with Gasteiger partial charge >= 0.3 is 5.97 Å². The number of aliphatic hydroxyl groups is 1. The molecule has 2 aromatic rings. The molecule has 0 unspecified atom stereocenters. The molecule has 44 heavy (non-hydrogen) atoms. The first-order valence-corrected chi connectivity index (χ1v) is 16.3. The lowest BCUT2D eigenvalue weighted by molar-refractivity contribution is -0.0226. The largest absolute Gasteiger partial charge is 0.487 e. The van der Waals surface area contributed by atoms with Crippen molar-refractivity contribution >= 4 is 5.97 Å². The second-order valence-corrected chi connectivity index (χ2v) is 12.6. The molecule has 1 heterocycles. The van der Waals surface area contributed by atoms with Crippen molar-refractivity contribution < 1.29 is 43.1 Å². The molecule has 0 amide bonds. The second kappa shape index (κ2) is 14.6. The lowest BCUT2D eigenvalue weighted by Gasteiger charge is -2.50. The molecule has 240 valence electrons. The van der Waals surface area contributed by atoms with E-state index in [-0.39, 0.29) is 11.5 Å². The zero-order chi connectivity index (χ0) is 30.4. The molecule has 0 radical (unpaired) electrons. The average Bonchev–Trinajstić information content (AvgIpc) is 3.34. The Bertz CT molecular complexity index is 1260. The van der Waals surface area contributed by atoms with Crippen LogP contribution in [0.15, 0.2) is 36.4 Å². The van der Waals surface area contributed by atoms with Crippen molar-refractivity contribution in [3.05, 3.63) is 53.1 Å². The van der Waals surface area contributed by atoms with Gasteiger partial charge in [-0.25, -0.2) is 4.79 Å². The molecule has 0 bridgehead atoms. The quantitative estimate of drug-likeness (QED) is 0.374. The van der Waals surface area contributed by atoms with E-state index in [2.05, 4.69) is 13.0 Å². The number of aryl methyl sites for hydroxylation is 1. The molecule has 9 nitrogen and oxygen atoms in total. The predicted molar refractivity (Wildman–Crippen MR) is 163 cm³/mol. The number of hydrogen-bond donors (Lipinski definition) is 1. The summed E-state index contributed by atoms with van der Waals surface area (Å²) in [6.07, 6.45) is 6.17. The number of carbonyl (C=O) groups is 1. The zero-order valence-corrected chi connectivity index (χ0v) is 25.8. The van der Waals surface area contributed by atoms with Gasteiger partial charge in [0.1, 0.15) is 19.0 Å². The first kappa shape index (κ1) is 31.3. The Balaban J connectivity index is 1.10. The maximum Gasteiger partial charge on any atom is 0.343 e. The van der Waals surface area contributed by atoms with Crippen LogP contribution in [0.2, 0.25) is 0 Å². The maximum atomic E-state index is 13.3. The normalized spacial score (nSPS) is 30.1. The van der Waals surface area contributed by atoms with Gasteiger partial charge in [0.05, 0.1) is 64.5 Å². The van der Waals surface area contributed by atoms with Crippen LogP contribution in [0, 0.1) is 17.3 Å². The van der Waals surface area contributed by atoms with Crippen LogP contribution in [0.5, 0.6) is 17.2 Å². The topological polar surface area (TPSA) is 102 Å². The Morgan fingerprint density at radius 3 is 2.14 bits per heavy atom. The van der Waals surface area contributed by atoms with E-state index in [1.807, 2.05) is 12.1 Å². The van der Waals surface area contributed by atoms with Crippen LogP contribution in [0.3, 0.4) is 0 Å². The van der Waals surface area contributed by atoms with Gasteiger partial charge in [0, 0.05) is 0 Å². The fourth-order valence-corrected chi connectivity index (χ4v) is 7.81. The Labute approximate surface area is 260 Å². The Morgan fingerprint density at radius 2 is 1.43 bits per heavy atom. The van der Waals surface area contributed by atoms with Crippen LogP contribution >= 0.6 is 0 Å². The van der Waals surface area contributed by atoms with E-state index in [9.17, 15) is 9.90 Å². The van der Waals surface area contributed by atoms with Gasteiger partial charge in [0.2, 0.25) is 0 Å². The van der Waals surface area contributed by atoms with Crippen molar-refractivity contribution in [2.75, 3.05) is 66.1 Å². The zero-order valence-electron chi connectivity index (χ0n) is 25.8. The molecule has 1 N–H and O–H groups in total. The lowest BCUT2D eigenvalue weighted by atomic mass is 9.55. The van der Waals surface area contributed by atoms with Crippen LogP contribution in [-0.4, -0.2) is 83.2 Å². The van der Waals surface area contributed by atoms with Gasteiger partial charge in [0.25, 0.3) is 0 Å². The first-order chi connectivity index (χ1) is 21.5. The van der Waals surface area contributed by atoms with Crippen molar-refractivity contribution in [2.24, 2.45) is 17.3 Å². The smallest absolute Gasteiger partial charge is 0.343 e. The summed E-state index contributed by atoms with van der Waals surface area (Å²) < 4.78 is 39.9. The minimum Gasteiger partial charge on any atom is -0.487 e. The number of aliphatic hydroxyl groups excluding tert-OH is 1. The number of fused-ring (bicyclic) bond motifs is 6. The van der Waals surface area contributed by atoms with Crippen molar-refractivity contribution in [2.45, 2.75) is 57.5 Å². The molecular formula is C35H46O9.